The van der Waals surface area contributed by atoms with Crippen LogP contribution in [0.2, 0.25) is 0 Å². The van der Waals surface area contributed by atoms with Crippen molar-refractivity contribution in [2.24, 2.45) is 4.99 Å². The molecule has 24 heavy (non-hydrogen) atoms. The van der Waals surface area contributed by atoms with Crippen molar-refractivity contribution in [1.29, 1.82) is 0 Å². The van der Waals surface area contributed by atoms with Crippen LogP contribution < -0.4 is 10.1 Å². The lowest BCUT2D eigenvalue weighted by Gasteiger charge is -2.14. The SMILES string of the molecule is COc1ccc(CNC(=O)CSC2=Nc3ccccc3CS2)cc1. The predicted octanol–water partition coefficient (Wildman–Crippen LogP) is 3.98. The maximum absolute atomic E-state index is 12.0. The molecule has 0 saturated heterocycles. The van der Waals surface area contributed by atoms with Crippen LogP contribution in [0.5, 0.6) is 5.75 Å². The number of benzene rings is 2. The number of hydrogen-bond acceptors (Lipinski definition) is 5. The smallest absolute Gasteiger partial charge is 0.230 e. The number of thioether (sulfide) groups is 2. The molecule has 0 aromatic heterocycles. The zero-order valence-electron chi connectivity index (χ0n) is 13.3. The second kappa shape index (κ2) is 8.26. The van der Waals surface area contributed by atoms with Gasteiger partial charge >= 0.3 is 0 Å². The van der Waals surface area contributed by atoms with Gasteiger partial charge in [-0.15, -0.1) is 0 Å². The third kappa shape index (κ3) is 4.55. The Morgan fingerprint density at radius 1 is 1.25 bits per heavy atom. The summed E-state index contributed by atoms with van der Waals surface area (Å²) >= 11 is 3.18. The van der Waals surface area contributed by atoms with Crippen molar-refractivity contribution in [3.63, 3.8) is 0 Å². The second-order valence-corrected chi connectivity index (χ2v) is 7.40. The van der Waals surface area contributed by atoms with E-state index in [1.54, 1.807) is 18.9 Å². The van der Waals surface area contributed by atoms with Crippen molar-refractivity contribution in [2.45, 2.75) is 12.3 Å². The third-order valence-corrected chi connectivity index (χ3v) is 5.78. The lowest BCUT2D eigenvalue weighted by molar-refractivity contribution is -0.118. The highest BCUT2D eigenvalue weighted by atomic mass is 32.2. The number of para-hydroxylation sites is 1. The first-order chi connectivity index (χ1) is 11.7. The summed E-state index contributed by atoms with van der Waals surface area (Å²) in [6.07, 6.45) is 0. The van der Waals surface area contributed by atoms with E-state index in [0.717, 1.165) is 27.1 Å². The quantitative estimate of drug-likeness (QED) is 0.878. The number of nitrogens with zero attached hydrogens (tertiary/aromatic N) is 1. The number of carbonyl (C=O) groups excluding carboxylic acids is 1. The van der Waals surface area contributed by atoms with Crippen LogP contribution in [-0.4, -0.2) is 23.1 Å². The Morgan fingerprint density at radius 3 is 2.83 bits per heavy atom. The zero-order chi connectivity index (χ0) is 16.8. The Balaban J connectivity index is 1.46. The number of carbonyl (C=O) groups is 1. The van der Waals surface area contributed by atoms with Gasteiger partial charge in [0.25, 0.3) is 0 Å². The molecule has 0 atom stereocenters. The number of hydrogen-bond donors (Lipinski definition) is 1. The Bertz CT molecular complexity index is 745. The largest absolute Gasteiger partial charge is 0.497 e. The fraction of sp³-hybridized carbons (Fsp3) is 0.222. The molecule has 1 aliphatic heterocycles. The summed E-state index contributed by atoms with van der Waals surface area (Å²) < 4.78 is 6.07. The van der Waals surface area contributed by atoms with Crippen molar-refractivity contribution in [3.8, 4) is 5.75 Å². The van der Waals surface area contributed by atoms with Gasteiger partial charge in [0.2, 0.25) is 5.91 Å². The molecule has 0 radical (unpaired) electrons. The van der Waals surface area contributed by atoms with Gasteiger partial charge in [-0.25, -0.2) is 4.99 Å². The van der Waals surface area contributed by atoms with Gasteiger partial charge in [-0.3, -0.25) is 4.79 Å². The van der Waals surface area contributed by atoms with Crippen molar-refractivity contribution in [1.82, 2.24) is 5.32 Å². The minimum Gasteiger partial charge on any atom is -0.497 e. The molecule has 3 rings (SSSR count). The van der Waals surface area contributed by atoms with Gasteiger partial charge in [0.05, 0.1) is 18.6 Å². The van der Waals surface area contributed by atoms with Crippen molar-refractivity contribution >= 4 is 39.5 Å². The topological polar surface area (TPSA) is 50.7 Å². The van der Waals surface area contributed by atoms with E-state index in [2.05, 4.69) is 16.4 Å². The summed E-state index contributed by atoms with van der Waals surface area (Å²) in [6.45, 7) is 0.520. The Kier molecular flexibility index (Phi) is 5.82. The number of nitrogens with one attached hydrogen (secondary N) is 1. The minimum absolute atomic E-state index is 0.0120. The fourth-order valence-corrected chi connectivity index (χ4v) is 4.10. The molecular formula is C18H18N2O2S2. The Labute approximate surface area is 150 Å². The third-order valence-electron chi connectivity index (χ3n) is 3.53. The van der Waals surface area contributed by atoms with Crippen LogP contribution in [-0.2, 0) is 17.1 Å². The van der Waals surface area contributed by atoms with E-state index in [-0.39, 0.29) is 5.91 Å². The van der Waals surface area contributed by atoms with Gasteiger partial charge in [0.15, 0.2) is 0 Å². The molecular weight excluding hydrogens is 340 g/mol. The lowest BCUT2D eigenvalue weighted by Crippen LogP contribution is -2.25. The first-order valence-corrected chi connectivity index (χ1v) is 9.53. The highest BCUT2D eigenvalue weighted by molar-refractivity contribution is 8.38. The minimum atomic E-state index is 0.0120. The second-order valence-electron chi connectivity index (χ2n) is 5.21. The van der Waals surface area contributed by atoms with E-state index in [9.17, 15) is 4.79 Å². The molecule has 0 saturated carbocycles. The standard InChI is InChI=1S/C18H18N2O2S2/c1-22-15-8-6-13(7-9-15)10-19-17(21)12-24-18-20-16-5-3-2-4-14(16)11-23-18/h2-9H,10-12H2,1H3,(H,19,21). The molecule has 1 aliphatic rings. The van der Waals surface area contributed by atoms with Gasteiger partial charge < -0.3 is 10.1 Å². The predicted molar refractivity (Wildman–Crippen MR) is 102 cm³/mol. The van der Waals surface area contributed by atoms with Crippen LogP contribution in [0.15, 0.2) is 53.5 Å². The van der Waals surface area contributed by atoms with E-state index in [1.807, 2.05) is 42.5 Å². The van der Waals surface area contributed by atoms with Crippen LogP contribution in [0.3, 0.4) is 0 Å². The molecule has 0 spiro atoms. The molecule has 2 aromatic rings. The molecule has 2 aromatic carbocycles. The molecule has 1 N–H and O–H groups in total. The average molecular weight is 358 g/mol. The molecule has 6 heteroatoms. The maximum atomic E-state index is 12.0. The van der Waals surface area contributed by atoms with E-state index in [1.165, 1.54) is 17.3 Å². The van der Waals surface area contributed by atoms with Gasteiger partial charge in [0.1, 0.15) is 10.1 Å². The summed E-state index contributed by atoms with van der Waals surface area (Å²) in [7, 11) is 1.64. The van der Waals surface area contributed by atoms with E-state index >= 15 is 0 Å². The molecule has 0 unspecified atom stereocenters. The number of amides is 1. The molecule has 1 amide bonds. The van der Waals surface area contributed by atoms with Crippen molar-refractivity contribution in [3.05, 3.63) is 59.7 Å². The molecule has 4 nitrogen and oxygen atoms in total. The summed E-state index contributed by atoms with van der Waals surface area (Å²) in [4.78, 5) is 16.6. The first-order valence-electron chi connectivity index (χ1n) is 7.56. The van der Waals surface area contributed by atoms with Crippen molar-refractivity contribution < 1.29 is 9.53 Å². The average Bonchev–Trinajstić information content (AvgIpc) is 2.65. The van der Waals surface area contributed by atoms with Crippen LogP contribution in [0.4, 0.5) is 5.69 Å². The number of aliphatic imine (C=N–C) groups is 1. The van der Waals surface area contributed by atoms with Crippen molar-refractivity contribution in [2.75, 3.05) is 12.9 Å². The summed E-state index contributed by atoms with van der Waals surface area (Å²) in [6, 6.07) is 15.8. The normalized spacial score (nSPS) is 13.0. The molecule has 124 valence electrons. The molecule has 0 fully saturated rings. The van der Waals surface area contributed by atoms with Crippen LogP contribution >= 0.6 is 23.5 Å². The van der Waals surface area contributed by atoms with E-state index < -0.39 is 0 Å². The molecule has 0 aliphatic carbocycles. The summed E-state index contributed by atoms with van der Waals surface area (Å²) in [5.41, 5.74) is 3.31. The van der Waals surface area contributed by atoms with Gasteiger partial charge in [-0.05, 0) is 29.3 Å². The molecule has 0 bridgehead atoms. The van der Waals surface area contributed by atoms with E-state index in [4.69, 9.17) is 4.74 Å². The van der Waals surface area contributed by atoms with Crippen LogP contribution in [0.25, 0.3) is 0 Å². The number of fused-ring (bicyclic) bond motifs is 1. The van der Waals surface area contributed by atoms with Gasteiger partial charge in [0, 0.05) is 12.3 Å². The highest BCUT2D eigenvalue weighted by Crippen LogP contribution is 2.34. The Hall–Kier alpha value is -1.92. The number of ether oxygens (including phenoxy) is 1. The maximum Gasteiger partial charge on any atom is 0.230 e. The summed E-state index contributed by atoms with van der Waals surface area (Å²) in [5, 5.41) is 2.93. The Morgan fingerprint density at radius 2 is 2.04 bits per heavy atom. The summed E-state index contributed by atoms with van der Waals surface area (Å²) in [5.74, 6) is 2.12. The number of rotatable bonds is 5. The molecule has 1 heterocycles. The van der Waals surface area contributed by atoms with Crippen LogP contribution in [0.1, 0.15) is 11.1 Å². The monoisotopic (exact) mass is 358 g/mol. The van der Waals surface area contributed by atoms with Gasteiger partial charge in [-0.1, -0.05) is 53.9 Å². The zero-order valence-corrected chi connectivity index (χ0v) is 15.0. The first kappa shape index (κ1) is 16.9. The van der Waals surface area contributed by atoms with E-state index in [0.29, 0.717) is 12.3 Å². The van der Waals surface area contributed by atoms with Crippen LogP contribution in [0, 0.1) is 0 Å². The highest BCUT2D eigenvalue weighted by Gasteiger charge is 2.13. The fourth-order valence-electron chi connectivity index (χ4n) is 2.21. The van der Waals surface area contributed by atoms with Gasteiger partial charge in [-0.2, -0.15) is 0 Å². The lowest BCUT2D eigenvalue weighted by atomic mass is 10.2. The number of methoxy groups -OCH3 is 1.